The summed E-state index contributed by atoms with van der Waals surface area (Å²) in [6.45, 7) is 1.56. The van der Waals surface area contributed by atoms with Crippen molar-refractivity contribution < 1.29 is 19.8 Å². The van der Waals surface area contributed by atoms with E-state index in [9.17, 15) is 19.8 Å². The quantitative estimate of drug-likeness (QED) is 0.783. The number of pyridine rings is 1. The van der Waals surface area contributed by atoms with Crippen LogP contribution in [0.15, 0.2) is 30.2 Å². The Bertz CT molecular complexity index is 609. The Morgan fingerprint density at radius 2 is 2.30 bits per heavy atom. The molecule has 0 aromatic carbocycles. The van der Waals surface area contributed by atoms with E-state index in [4.69, 9.17) is 0 Å². The summed E-state index contributed by atoms with van der Waals surface area (Å²) >= 11 is 0. The van der Waals surface area contributed by atoms with Gasteiger partial charge in [0.2, 0.25) is 5.91 Å². The van der Waals surface area contributed by atoms with Crippen molar-refractivity contribution in [3.05, 3.63) is 35.8 Å². The van der Waals surface area contributed by atoms with Crippen LogP contribution in [0.4, 0.5) is 0 Å². The predicted octanol–water partition coefficient (Wildman–Crippen LogP) is 0.489. The third-order valence-electron chi connectivity index (χ3n) is 3.94. The Labute approximate surface area is 115 Å². The number of hydrogen-bond acceptors (Lipinski definition) is 4. The average Bonchev–Trinajstić information content (AvgIpc) is 2.74. The summed E-state index contributed by atoms with van der Waals surface area (Å²) in [4.78, 5) is 28.8. The minimum Gasteiger partial charge on any atom is -0.477 e. The lowest BCUT2D eigenvalue weighted by atomic mass is 9.82. The summed E-state index contributed by atoms with van der Waals surface area (Å²) in [5.74, 6) is -1.96. The fourth-order valence-electron chi connectivity index (χ4n) is 3.07. The van der Waals surface area contributed by atoms with Crippen LogP contribution in [0.5, 0.6) is 0 Å². The number of carboxylic acids is 1. The molecular formula is C14H14N2O4. The molecule has 0 unspecified atom stereocenters. The van der Waals surface area contributed by atoms with E-state index in [1.54, 1.807) is 31.5 Å². The summed E-state index contributed by atoms with van der Waals surface area (Å²) in [6.07, 6.45) is 2.87. The van der Waals surface area contributed by atoms with Gasteiger partial charge in [-0.15, -0.1) is 0 Å². The Kier molecular flexibility index (Phi) is 2.83. The molecule has 6 heteroatoms. The van der Waals surface area contributed by atoms with Crippen LogP contribution in [0, 0.1) is 5.92 Å². The number of aliphatic carboxylic acids is 1. The molecule has 0 bridgehead atoms. The molecule has 1 aromatic heterocycles. The molecule has 2 aliphatic heterocycles. The summed E-state index contributed by atoms with van der Waals surface area (Å²) in [7, 11) is 0. The van der Waals surface area contributed by atoms with Gasteiger partial charge >= 0.3 is 5.97 Å². The smallest absolute Gasteiger partial charge is 0.352 e. The maximum atomic E-state index is 12.0. The molecule has 1 saturated heterocycles. The number of hydrogen-bond donors (Lipinski definition) is 2. The molecule has 0 saturated carbocycles. The van der Waals surface area contributed by atoms with E-state index in [-0.39, 0.29) is 17.6 Å². The molecule has 3 heterocycles. The highest BCUT2D eigenvalue weighted by Gasteiger charge is 2.56. The van der Waals surface area contributed by atoms with Gasteiger partial charge in [0.1, 0.15) is 5.70 Å². The standard InChI is InChI=1S/C14H14N2O4/c1-7(17)11-10-5-9(8-3-2-4-15-6-8)12(14(19)20)16(10)13(11)18/h2-4,6-7,10-11,17H,5H2,1H3,(H,19,20)/t7-,10-,11-/m1/s1. The molecular weight excluding hydrogens is 260 g/mol. The molecule has 20 heavy (non-hydrogen) atoms. The van der Waals surface area contributed by atoms with Gasteiger partial charge in [-0.05, 0) is 30.5 Å². The van der Waals surface area contributed by atoms with Crippen molar-refractivity contribution in [1.82, 2.24) is 9.88 Å². The van der Waals surface area contributed by atoms with E-state index < -0.39 is 18.0 Å². The lowest BCUT2D eigenvalue weighted by Gasteiger charge is -2.44. The number of β-lactam (4-membered cyclic amide) rings is 1. The summed E-state index contributed by atoms with van der Waals surface area (Å²) < 4.78 is 0. The number of aliphatic hydroxyl groups excluding tert-OH is 1. The van der Waals surface area contributed by atoms with E-state index in [0.717, 1.165) is 0 Å². The second-order valence-corrected chi connectivity index (χ2v) is 5.12. The molecule has 104 valence electrons. The lowest BCUT2D eigenvalue weighted by Crippen LogP contribution is -2.61. The van der Waals surface area contributed by atoms with Crippen molar-refractivity contribution in [3.63, 3.8) is 0 Å². The number of carboxylic acid groups (broad SMARTS) is 1. The highest BCUT2D eigenvalue weighted by atomic mass is 16.4. The van der Waals surface area contributed by atoms with Crippen LogP contribution in [-0.4, -0.2) is 44.1 Å². The molecule has 3 atom stereocenters. The fourth-order valence-corrected chi connectivity index (χ4v) is 3.07. The van der Waals surface area contributed by atoms with Crippen LogP contribution >= 0.6 is 0 Å². The van der Waals surface area contributed by atoms with Crippen LogP contribution in [0.3, 0.4) is 0 Å². The Morgan fingerprint density at radius 3 is 2.85 bits per heavy atom. The van der Waals surface area contributed by atoms with E-state index in [2.05, 4.69) is 4.98 Å². The van der Waals surface area contributed by atoms with Gasteiger partial charge in [-0.25, -0.2) is 4.79 Å². The van der Waals surface area contributed by atoms with Crippen molar-refractivity contribution in [2.75, 3.05) is 0 Å². The van der Waals surface area contributed by atoms with Crippen molar-refractivity contribution in [3.8, 4) is 0 Å². The normalized spacial score (nSPS) is 26.3. The van der Waals surface area contributed by atoms with Crippen LogP contribution in [0.1, 0.15) is 18.9 Å². The van der Waals surface area contributed by atoms with Gasteiger partial charge in [0.15, 0.2) is 0 Å². The zero-order valence-electron chi connectivity index (χ0n) is 10.9. The molecule has 1 amide bonds. The Balaban J connectivity index is 2.03. The first-order valence-corrected chi connectivity index (χ1v) is 6.40. The molecule has 6 nitrogen and oxygen atoms in total. The highest BCUT2D eigenvalue weighted by molar-refractivity contribution is 6.06. The van der Waals surface area contributed by atoms with Crippen molar-refractivity contribution in [1.29, 1.82) is 0 Å². The second-order valence-electron chi connectivity index (χ2n) is 5.12. The third kappa shape index (κ3) is 1.65. The van der Waals surface area contributed by atoms with Crippen molar-refractivity contribution >= 4 is 17.4 Å². The summed E-state index contributed by atoms with van der Waals surface area (Å²) in [5.41, 5.74) is 1.33. The largest absolute Gasteiger partial charge is 0.477 e. The third-order valence-corrected chi connectivity index (χ3v) is 3.94. The average molecular weight is 274 g/mol. The molecule has 2 aliphatic rings. The van der Waals surface area contributed by atoms with Crippen LogP contribution < -0.4 is 0 Å². The van der Waals surface area contributed by atoms with Gasteiger partial charge < -0.3 is 15.1 Å². The van der Waals surface area contributed by atoms with Gasteiger partial charge in [-0.3, -0.25) is 9.78 Å². The zero-order chi connectivity index (χ0) is 14.4. The minimum absolute atomic E-state index is 0.0184. The number of nitrogens with zero attached hydrogens (tertiary/aromatic N) is 2. The highest BCUT2D eigenvalue weighted by Crippen LogP contribution is 2.46. The minimum atomic E-state index is -1.12. The van der Waals surface area contributed by atoms with Crippen molar-refractivity contribution in [2.45, 2.75) is 25.5 Å². The van der Waals surface area contributed by atoms with Crippen molar-refractivity contribution in [2.24, 2.45) is 5.92 Å². The Hall–Kier alpha value is -2.21. The second kappa shape index (κ2) is 4.42. The fraction of sp³-hybridized carbons (Fsp3) is 0.357. The van der Waals surface area contributed by atoms with Crippen LogP contribution in [-0.2, 0) is 9.59 Å². The number of fused-ring (bicyclic) bond motifs is 1. The van der Waals surface area contributed by atoms with E-state index in [1.807, 2.05) is 0 Å². The van der Waals surface area contributed by atoms with Gasteiger partial charge in [-0.2, -0.15) is 0 Å². The predicted molar refractivity (Wildman–Crippen MR) is 69.2 cm³/mol. The molecule has 3 rings (SSSR count). The van der Waals surface area contributed by atoms with Crippen LogP contribution in [0.2, 0.25) is 0 Å². The van der Waals surface area contributed by atoms with E-state index in [1.165, 1.54) is 4.90 Å². The number of amides is 1. The van der Waals surface area contributed by atoms with E-state index in [0.29, 0.717) is 17.6 Å². The number of rotatable bonds is 3. The summed E-state index contributed by atoms with van der Waals surface area (Å²) in [6, 6.07) is 3.24. The molecule has 1 fully saturated rings. The topological polar surface area (TPSA) is 90.7 Å². The first-order valence-electron chi connectivity index (χ1n) is 6.40. The van der Waals surface area contributed by atoms with Crippen LogP contribution in [0.25, 0.3) is 5.57 Å². The first-order chi connectivity index (χ1) is 9.52. The number of carbonyl (C=O) groups is 2. The van der Waals surface area contributed by atoms with E-state index >= 15 is 0 Å². The SMILES string of the molecule is C[C@@H](O)[C@H]1C(=O)N2C(C(=O)O)=C(c3cccnc3)C[C@H]12. The molecule has 0 radical (unpaired) electrons. The van der Waals surface area contributed by atoms with Gasteiger partial charge in [0.05, 0.1) is 18.1 Å². The molecule has 2 N–H and O–H groups in total. The maximum absolute atomic E-state index is 12.0. The zero-order valence-corrected chi connectivity index (χ0v) is 10.9. The lowest BCUT2D eigenvalue weighted by molar-refractivity contribution is -0.161. The first kappa shape index (κ1) is 12.8. The number of aromatic nitrogens is 1. The van der Waals surface area contributed by atoms with Gasteiger partial charge in [0.25, 0.3) is 0 Å². The monoisotopic (exact) mass is 274 g/mol. The maximum Gasteiger partial charge on any atom is 0.352 e. The molecule has 1 aromatic rings. The summed E-state index contributed by atoms with van der Waals surface area (Å²) in [5, 5.41) is 19.0. The number of carbonyl (C=O) groups excluding carboxylic acids is 1. The molecule has 0 aliphatic carbocycles. The van der Waals surface area contributed by atoms with Gasteiger partial charge in [-0.1, -0.05) is 6.07 Å². The number of aliphatic hydroxyl groups is 1. The van der Waals surface area contributed by atoms with Gasteiger partial charge in [0, 0.05) is 12.4 Å². The molecule has 0 spiro atoms. The Morgan fingerprint density at radius 1 is 1.55 bits per heavy atom.